The third-order valence-electron chi connectivity index (χ3n) is 3.47. The molecule has 0 aliphatic carbocycles. The third kappa shape index (κ3) is 4.94. The molecule has 1 atom stereocenters. The summed E-state index contributed by atoms with van der Waals surface area (Å²) in [7, 11) is 0. The lowest BCUT2D eigenvalue weighted by molar-refractivity contribution is 0.403. The molecule has 0 aliphatic rings. The van der Waals surface area contributed by atoms with Gasteiger partial charge in [0.15, 0.2) is 0 Å². The molecule has 0 aliphatic heterocycles. The van der Waals surface area contributed by atoms with Crippen LogP contribution < -0.4 is 5.32 Å². The van der Waals surface area contributed by atoms with Crippen LogP contribution in [0, 0.1) is 5.82 Å². The summed E-state index contributed by atoms with van der Waals surface area (Å²) in [5.41, 5.74) is 1.99. The summed E-state index contributed by atoms with van der Waals surface area (Å²) in [6.45, 7) is 7.24. The summed E-state index contributed by atoms with van der Waals surface area (Å²) in [6.07, 6.45) is 3.60. The van der Waals surface area contributed by atoms with Gasteiger partial charge < -0.3 is 5.32 Å². The number of rotatable bonds is 5. The Morgan fingerprint density at radius 1 is 1.14 bits per heavy atom. The van der Waals surface area contributed by atoms with E-state index in [1.165, 1.54) is 11.8 Å². The molecule has 112 valence electrons. The minimum Gasteiger partial charge on any atom is -0.311 e. The Morgan fingerprint density at radius 2 is 1.86 bits per heavy atom. The first-order valence-corrected chi connectivity index (χ1v) is 7.34. The van der Waals surface area contributed by atoms with Crippen molar-refractivity contribution >= 4 is 0 Å². The van der Waals surface area contributed by atoms with Gasteiger partial charge in [-0.2, -0.15) is 0 Å². The standard InChI is InChI=1S/C18H23FN2/c1-18(2,3)21-12-16(14-7-5-4-6-8-14)11-15-9-10-20-13-17(15)19/h4-10,13,16,21H,11-12H2,1-3H3. The smallest absolute Gasteiger partial charge is 0.144 e. The summed E-state index contributed by atoms with van der Waals surface area (Å²) in [6, 6.07) is 12.0. The second-order valence-electron chi connectivity index (χ2n) is 6.41. The van der Waals surface area contributed by atoms with E-state index in [1.807, 2.05) is 18.2 Å². The van der Waals surface area contributed by atoms with Crippen molar-refractivity contribution in [3.05, 3.63) is 65.7 Å². The maximum atomic E-state index is 13.9. The first-order chi connectivity index (χ1) is 9.96. The van der Waals surface area contributed by atoms with Gasteiger partial charge in [0.25, 0.3) is 0 Å². The number of nitrogens with one attached hydrogen (secondary N) is 1. The van der Waals surface area contributed by atoms with Crippen LogP contribution in [-0.2, 0) is 6.42 Å². The Labute approximate surface area is 126 Å². The zero-order chi connectivity index (χ0) is 15.3. The molecule has 0 radical (unpaired) electrons. The molecule has 2 aromatic rings. The quantitative estimate of drug-likeness (QED) is 0.900. The van der Waals surface area contributed by atoms with E-state index in [-0.39, 0.29) is 17.3 Å². The van der Waals surface area contributed by atoms with Crippen LogP contribution in [0.4, 0.5) is 4.39 Å². The second kappa shape index (κ2) is 6.81. The number of nitrogens with zero attached hydrogens (tertiary/aromatic N) is 1. The molecule has 0 amide bonds. The third-order valence-corrected chi connectivity index (χ3v) is 3.47. The molecule has 1 N–H and O–H groups in total. The number of hydrogen-bond acceptors (Lipinski definition) is 2. The molecule has 0 saturated carbocycles. The fourth-order valence-electron chi connectivity index (χ4n) is 2.30. The lowest BCUT2D eigenvalue weighted by Gasteiger charge is -2.26. The SMILES string of the molecule is CC(C)(C)NCC(Cc1ccncc1F)c1ccccc1. The van der Waals surface area contributed by atoms with Crippen LogP contribution in [0.5, 0.6) is 0 Å². The molecule has 0 bridgehead atoms. The summed E-state index contributed by atoms with van der Waals surface area (Å²) >= 11 is 0. The number of benzene rings is 1. The fraction of sp³-hybridized carbons (Fsp3) is 0.389. The Balaban J connectivity index is 2.18. The van der Waals surface area contributed by atoms with Gasteiger partial charge in [0, 0.05) is 24.2 Å². The summed E-state index contributed by atoms with van der Waals surface area (Å²) in [5, 5.41) is 3.52. The lowest BCUT2D eigenvalue weighted by Crippen LogP contribution is -2.39. The van der Waals surface area contributed by atoms with Gasteiger partial charge >= 0.3 is 0 Å². The molecule has 1 aromatic carbocycles. The predicted octanol–water partition coefficient (Wildman–Crippen LogP) is 3.94. The minimum atomic E-state index is -0.228. The predicted molar refractivity (Wildman–Crippen MR) is 84.8 cm³/mol. The van der Waals surface area contributed by atoms with Gasteiger partial charge in [-0.3, -0.25) is 4.98 Å². The Bertz CT molecular complexity index is 561. The van der Waals surface area contributed by atoms with Crippen LogP contribution in [0.15, 0.2) is 48.8 Å². The molecule has 0 spiro atoms. The van der Waals surface area contributed by atoms with Crippen molar-refractivity contribution < 1.29 is 4.39 Å². The fourth-order valence-corrected chi connectivity index (χ4v) is 2.30. The molecule has 21 heavy (non-hydrogen) atoms. The number of aromatic nitrogens is 1. The second-order valence-corrected chi connectivity index (χ2v) is 6.41. The number of pyridine rings is 1. The highest BCUT2D eigenvalue weighted by Crippen LogP contribution is 2.22. The average Bonchev–Trinajstić information content (AvgIpc) is 2.45. The molecule has 1 unspecified atom stereocenters. The molecule has 2 rings (SSSR count). The van der Waals surface area contributed by atoms with Crippen LogP contribution >= 0.6 is 0 Å². The minimum absolute atomic E-state index is 0.0455. The van der Waals surface area contributed by atoms with E-state index in [9.17, 15) is 4.39 Å². The lowest BCUT2D eigenvalue weighted by atomic mass is 9.91. The van der Waals surface area contributed by atoms with E-state index >= 15 is 0 Å². The maximum Gasteiger partial charge on any atom is 0.144 e. The topological polar surface area (TPSA) is 24.9 Å². The van der Waals surface area contributed by atoms with Crippen LogP contribution in [-0.4, -0.2) is 17.1 Å². The van der Waals surface area contributed by atoms with Gasteiger partial charge in [0.2, 0.25) is 0 Å². The monoisotopic (exact) mass is 286 g/mol. The molecule has 0 saturated heterocycles. The van der Waals surface area contributed by atoms with Crippen LogP contribution in [0.2, 0.25) is 0 Å². The van der Waals surface area contributed by atoms with E-state index in [2.05, 4.69) is 43.2 Å². The Hall–Kier alpha value is -1.74. The van der Waals surface area contributed by atoms with Crippen molar-refractivity contribution in [3.63, 3.8) is 0 Å². The van der Waals surface area contributed by atoms with E-state index in [0.29, 0.717) is 6.42 Å². The summed E-state index contributed by atoms with van der Waals surface area (Å²) in [4.78, 5) is 3.82. The molecule has 1 heterocycles. The number of halogens is 1. The average molecular weight is 286 g/mol. The molecule has 2 nitrogen and oxygen atoms in total. The number of hydrogen-bond donors (Lipinski definition) is 1. The highest BCUT2D eigenvalue weighted by molar-refractivity contribution is 5.24. The van der Waals surface area contributed by atoms with Gasteiger partial charge in [0.05, 0.1) is 6.20 Å². The van der Waals surface area contributed by atoms with Gasteiger partial charge in [-0.1, -0.05) is 30.3 Å². The zero-order valence-corrected chi connectivity index (χ0v) is 12.9. The first-order valence-electron chi connectivity index (χ1n) is 7.34. The molecule has 3 heteroatoms. The zero-order valence-electron chi connectivity index (χ0n) is 12.9. The van der Waals surface area contributed by atoms with E-state index < -0.39 is 0 Å². The van der Waals surface area contributed by atoms with E-state index in [1.54, 1.807) is 12.3 Å². The van der Waals surface area contributed by atoms with Gasteiger partial charge in [-0.25, -0.2) is 4.39 Å². The van der Waals surface area contributed by atoms with Crippen LogP contribution in [0.25, 0.3) is 0 Å². The van der Waals surface area contributed by atoms with E-state index in [4.69, 9.17) is 0 Å². The van der Waals surface area contributed by atoms with Crippen molar-refractivity contribution in [2.45, 2.75) is 38.6 Å². The normalized spacial score (nSPS) is 13.1. The highest BCUT2D eigenvalue weighted by Gasteiger charge is 2.17. The van der Waals surface area contributed by atoms with Crippen molar-refractivity contribution in [1.82, 2.24) is 10.3 Å². The maximum absolute atomic E-state index is 13.9. The Kier molecular flexibility index (Phi) is 5.07. The van der Waals surface area contributed by atoms with Gasteiger partial charge in [-0.15, -0.1) is 0 Å². The van der Waals surface area contributed by atoms with Crippen molar-refractivity contribution in [1.29, 1.82) is 0 Å². The molecular weight excluding hydrogens is 263 g/mol. The summed E-state index contributed by atoms with van der Waals surface area (Å²) in [5.74, 6) is 0.0107. The van der Waals surface area contributed by atoms with Crippen LogP contribution in [0.1, 0.15) is 37.8 Å². The molecule has 1 aromatic heterocycles. The van der Waals surface area contributed by atoms with Gasteiger partial charge in [-0.05, 0) is 44.4 Å². The van der Waals surface area contributed by atoms with Crippen molar-refractivity contribution in [3.8, 4) is 0 Å². The van der Waals surface area contributed by atoms with E-state index in [0.717, 1.165) is 12.1 Å². The summed E-state index contributed by atoms with van der Waals surface area (Å²) < 4.78 is 13.9. The highest BCUT2D eigenvalue weighted by atomic mass is 19.1. The largest absolute Gasteiger partial charge is 0.311 e. The van der Waals surface area contributed by atoms with Crippen molar-refractivity contribution in [2.24, 2.45) is 0 Å². The molecular formula is C18H23FN2. The Morgan fingerprint density at radius 3 is 2.48 bits per heavy atom. The van der Waals surface area contributed by atoms with Crippen LogP contribution in [0.3, 0.4) is 0 Å². The first kappa shape index (κ1) is 15.6. The van der Waals surface area contributed by atoms with Gasteiger partial charge in [0.1, 0.15) is 5.82 Å². The van der Waals surface area contributed by atoms with Crippen molar-refractivity contribution in [2.75, 3.05) is 6.54 Å². The molecule has 0 fully saturated rings.